The van der Waals surface area contributed by atoms with Gasteiger partial charge in [-0.25, -0.2) is 15.6 Å². The summed E-state index contributed by atoms with van der Waals surface area (Å²) < 4.78 is 0. The molecule has 2 aromatic carbocycles. The van der Waals surface area contributed by atoms with Crippen LogP contribution < -0.4 is 21.5 Å². The Balaban J connectivity index is 1.53. The molecule has 4 N–H and O–H groups in total. The first-order valence-electron chi connectivity index (χ1n) is 7.41. The minimum atomic E-state index is -0.210. The first-order chi connectivity index (χ1) is 10.7. The normalized spacial score (nSPS) is 20.6. The lowest BCUT2D eigenvalue weighted by Gasteiger charge is -2.13. The number of carbonyl (C=O) groups is 1. The van der Waals surface area contributed by atoms with Crippen LogP contribution in [-0.4, -0.2) is 12.2 Å². The third-order valence-corrected chi connectivity index (χ3v) is 3.69. The predicted molar refractivity (Wildman–Crippen MR) is 87.2 cm³/mol. The maximum absolute atomic E-state index is 12.0. The van der Waals surface area contributed by atoms with Crippen LogP contribution >= 0.6 is 0 Å². The van der Waals surface area contributed by atoms with Crippen LogP contribution in [0.15, 0.2) is 54.6 Å². The molecule has 0 bridgehead atoms. The lowest BCUT2D eigenvalue weighted by molar-refractivity contribution is 0.247. The molecule has 5 nitrogen and oxygen atoms in total. The van der Waals surface area contributed by atoms with Gasteiger partial charge in [0.05, 0.1) is 6.17 Å². The molecule has 2 aromatic rings. The third kappa shape index (κ3) is 3.63. The smallest absolute Gasteiger partial charge is 0.320 e. The minimum absolute atomic E-state index is 0.102. The molecule has 0 spiro atoms. The molecule has 2 unspecified atom stereocenters. The fourth-order valence-corrected chi connectivity index (χ4v) is 2.60. The van der Waals surface area contributed by atoms with Crippen molar-refractivity contribution < 1.29 is 4.79 Å². The predicted octanol–water partition coefficient (Wildman–Crippen LogP) is 2.68. The van der Waals surface area contributed by atoms with E-state index in [4.69, 9.17) is 0 Å². The fourth-order valence-electron chi connectivity index (χ4n) is 2.60. The molecule has 1 heterocycles. The molecular formula is C17H20N4O. The van der Waals surface area contributed by atoms with Crippen molar-refractivity contribution in [2.75, 3.05) is 5.32 Å². The number of amides is 2. The molecule has 114 valence electrons. The third-order valence-electron chi connectivity index (χ3n) is 3.69. The van der Waals surface area contributed by atoms with Crippen molar-refractivity contribution in [2.24, 2.45) is 0 Å². The van der Waals surface area contributed by atoms with E-state index in [9.17, 15) is 4.79 Å². The number of hydrogen-bond acceptors (Lipinski definition) is 3. The van der Waals surface area contributed by atoms with Gasteiger partial charge < -0.3 is 10.6 Å². The van der Waals surface area contributed by atoms with Crippen molar-refractivity contribution in [3.8, 4) is 0 Å². The number of carbonyl (C=O) groups excluding carboxylic acids is 1. The van der Waals surface area contributed by atoms with E-state index in [1.807, 2.05) is 49.4 Å². The maximum atomic E-state index is 12.0. The average molecular weight is 296 g/mol. The van der Waals surface area contributed by atoms with Gasteiger partial charge in [0.25, 0.3) is 0 Å². The van der Waals surface area contributed by atoms with Crippen molar-refractivity contribution >= 4 is 11.7 Å². The number of nitrogens with one attached hydrogen (secondary N) is 4. The molecule has 0 aliphatic carbocycles. The highest BCUT2D eigenvalue weighted by Gasteiger charge is 2.25. The standard InChI is InChI=1S/C17H20N4O/c1-12-6-5-9-14(10-12)18-17(22)19-16-11-15(20-21-16)13-7-3-2-4-8-13/h2-10,15-16,20-21H,11H2,1H3,(H2,18,19,22). The van der Waals surface area contributed by atoms with Gasteiger partial charge in [0.1, 0.15) is 0 Å². The van der Waals surface area contributed by atoms with Crippen LogP contribution in [0, 0.1) is 6.92 Å². The number of rotatable bonds is 3. The molecule has 1 fully saturated rings. The van der Waals surface area contributed by atoms with E-state index in [0.717, 1.165) is 17.7 Å². The average Bonchev–Trinajstić information content (AvgIpc) is 2.96. The topological polar surface area (TPSA) is 65.2 Å². The second-order valence-corrected chi connectivity index (χ2v) is 5.51. The first kappa shape index (κ1) is 14.6. The van der Waals surface area contributed by atoms with Crippen LogP contribution in [0.5, 0.6) is 0 Å². The molecule has 1 saturated heterocycles. The lowest BCUT2D eigenvalue weighted by Crippen LogP contribution is -2.45. The zero-order chi connectivity index (χ0) is 15.4. The highest BCUT2D eigenvalue weighted by atomic mass is 16.2. The van der Waals surface area contributed by atoms with Gasteiger partial charge in [0.15, 0.2) is 0 Å². The van der Waals surface area contributed by atoms with Crippen molar-refractivity contribution in [1.82, 2.24) is 16.2 Å². The van der Waals surface area contributed by atoms with Gasteiger partial charge in [0.2, 0.25) is 0 Å². The van der Waals surface area contributed by atoms with E-state index in [0.29, 0.717) is 0 Å². The van der Waals surface area contributed by atoms with Crippen LogP contribution in [-0.2, 0) is 0 Å². The Bertz CT molecular complexity index is 644. The van der Waals surface area contributed by atoms with Crippen molar-refractivity contribution in [1.29, 1.82) is 0 Å². The summed E-state index contributed by atoms with van der Waals surface area (Å²) in [6, 6.07) is 17.9. The lowest BCUT2D eigenvalue weighted by atomic mass is 10.0. The number of urea groups is 1. The number of anilines is 1. The van der Waals surface area contributed by atoms with Crippen LogP contribution in [0.4, 0.5) is 10.5 Å². The Morgan fingerprint density at radius 2 is 1.91 bits per heavy atom. The number of hydrazine groups is 1. The summed E-state index contributed by atoms with van der Waals surface area (Å²) in [6.07, 6.45) is 0.695. The van der Waals surface area contributed by atoms with E-state index < -0.39 is 0 Å². The Morgan fingerprint density at radius 1 is 1.09 bits per heavy atom. The molecule has 22 heavy (non-hydrogen) atoms. The van der Waals surface area contributed by atoms with Gasteiger partial charge in [-0.1, -0.05) is 42.5 Å². The number of aryl methyl sites for hydroxylation is 1. The van der Waals surface area contributed by atoms with Gasteiger partial charge in [0, 0.05) is 18.2 Å². The van der Waals surface area contributed by atoms with Gasteiger partial charge in [-0.05, 0) is 30.2 Å². The quantitative estimate of drug-likeness (QED) is 0.704. The molecule has 1 aliphatic rings. The van der Waals surface area contributed by atoms with E-state index in [-0.39, 0.29) is 18.2 Å². The van der Waals surface area contributed by atoms with Gasteiger partial charge in [-0.15, -0.1) is 0 Å². The van der Waals surface area contributed by atoms with Crippen LogP contribution in [0.25, 0.3) is 0 Å². The summed E-state index contributed by atoms with van der Waals surface area (Å²) >= 11 is 0. The second kappa shape index (κ2) is 6.60. The van der Waals surface area contributed by atoms with Crippen molar-refractivity contribution in [3.63, 3.8) is 0 Å². The first-order valence-corrected chi connectivity index (χ1v) is 7.41. The van der Waals surface area contributed by atoms with Crippen molar-refractivity contribution in [3.05, 3.63) is 65.7 Å². The summed E-state index contributed by atoms with van der Waals surface area (Å²) in [5.74, 6) is 0. The molecule has 0 saturated carbocycles. The fraction of sp³-hybridized carbons (Fsp3) is 0.235. The maximum Gasteiger partial charge on any atom is 0.320 e. The molecular weight excluding hydrogens is 276 g/mol. The van der Waals surface area contributed by atoms with E-state index >= 15 is 0 Å². The van der Waals surface area contributed by atoms with Crippen LogP contribution in [0.2, 0.25) is 0 Å². The summed E-state index contributed by atoms with van der Waals surface area (Å²) in [5.41, 5.74) is 9.43. The highest BCUT2D eigenvalue weighted by molar-refractivity contribution is 5.89. The van der Waals surface area contributed by atoms with Gasteiger partial charge in [-0.3, -0.25) is 0 Å². The van der Waals surface area contributed by atoms with Crippen LogP contribution in [0.3, 0.4) is 0 Å². The summed E-state index contributed by atoms with van der Waals surface area (Å²) in [4.78, 5) is 12.0. The molecule has 1 aliphatic heterocycles. The SMILES string of the molecule is Cc1cccc(NC(=O)NC2CC(c3ccccc3)NN2)c1. The zero-order valence-corrected chi connectivity index (χ0v) is 12.5. The van der Waals surface area contributed by atoms with E-state index in [2.05, 4.69) is 33.6 Å². The molecule has 0 radical (unpaired) electrons. The second-order valence-electron chi connectivity index (χ2n) is 5.51. The summed E-state index contributed by atoms with van der Waals surface area (Å²) in [7, 11) is 0. The molecule has 2 atom stereocenters. The Kier molecular flexibility index (Phi) is 4.37. The molecule has 3 rings (SSSR count). The van der Waals surface area contributed by atoms with Crippen LogP contribution in [0.1, 0.15) is 23.6 Å². The summed E-state index contributed by atoms with van der Waals surface area (Å²) in [5, 5.41) is 5.77. The Hall–Kier alpha value is -2.37. The van der Waals surface area contributed by atoms with E-state index in [1.165, 1.54) is 5.56 Å². The van der Waals surface area contributed by atoms with Gasteiger partial charge >= 0.3 is 6.03 Å². The van der Waals surface area contributed by atoms with Crippen molar-refractivity contribution in [2.45, 2.75) is 25.6 Å². The largest absolute Gasteiger partial charge is 0.321 e. The van der Waals surface area contributed by atoms with E-state index in [1.54, 1.807) is 0 Å². The minimum Gasteiger partial charge on any atom is -0.321 e. The molecule has 2 amide bonds. The monoisotopic (exact) mass is 296 g/mol. The molecule has 5 heteroatoms. The number of benzene rings is 2. The summed E-state index contributed by atoms with van der Waals surface area (Å²) in [6.45, 7) is 2.00. The van der Waals surface area contributed by atoms with Gasteiger partial charge in [-0.2, -0.15) is 0 Å². The Labute approximate surface area is 130 Å². The highest BCUT2D eigenvalue weighted by Crippen LogP contribution is 2.20. The number of hydrogen-bond donors (Lipinski definition) is 4. The Morgan fingerprint density at radius 3 is 2.68 bits per heavy atom. The zero-order valence-electron chi connectivity index (χ0n) is 12.5. The molecule has 0 aromatic heterocycles.